The number of aliphatic hydroxyl groups excluding tert-OH is 10. The molecule has 0 amide bonds. The minimum Gasteiger partial charge on any atom is -0.394 e. The molecule has 3 aliphatic rings. The van der Waals surface area contributed by atoms with Crippen LogP contribution in [-0.2, 0) is 23.7 Å². The van der Waals surface area contributed by atoms with Crippen LogP contribution in [0.25, 0.3) is 0 Å². The Labute approximate surface area is 200 Å². The van der Waals surface area contributed by atoms with Crippen LogP contribution in [0.5, 0.6) is 0 Å². The van der Waals surface area contributed by atoms with Crippen molar-refractivity contribution in [3.63, 3.8) is 0 Å². The Kier molecular flexibility index (Phi) is 10.2. The van der Waals surface area contributed by atoms with Gasteiger partial charge < -0.3 is 74.7 Å². The molecule has 0 saturated carbocycles. The third kappa shape index (κ3) is 5.79. The summed E-state index contributed by atoms with van der Waals surface area (Å²) in [5, 5.41) is 101. The summed E-state index contributed by atoms with van der Waals surface area (Å²) >= 11 is 0. The first-order valence-corrected chi connectivity index (χ1v) is 11.5. The molecular weight excluding hydrogens is 480 g/mol. The Bertz CT molecular complexity index is 650. The van der Waals surface area contributed by atoms with E-state index in [1.54, 1.807) is 6.92 Å². The van der Waals surface area contributed by atoms with Crippen molar-refractivity contribution in [2.24, 2.45) is 0 Å². The van der Waals surface area contributed by atoms with Crippen molar-refractivity contribution in [2.45, 2.75) is 105 Å². The predicted molar refractivity (Wildman–Crippen MR) is 109 cm³/mol. The molecule has 15 unspecified atom stereocenters. The molecule has 0 radical (unpaired) electrons. The summed E-state index contributed by atoms with van der Waals surface area (Å²) in [5.74, 6) is 0. The normalized spacial score (nSPS) is 51.3. The molecule has 0 aromatic heterocycles. The molecule has 15 atom stereocenters. The smallest absolute Gasteiger partial charge is 0.187 e. The molecule has 10 N–H and O–H groups in total. The van der Waals surface area contributed by atoms with Gasteiger partial charge in [0.2, 0.25) is 0 Å². The van der Waals surface area contributed by atoms with Crippen LogP contribution in [0, 0.1) is 0 Å². The zero-order valence-corrected chi connectivity index (χ0v) is 19.0. The second kappa shape index (κ2) is 12.3. The van der Waals surface area contributed by atoms with Crippen LogP contribution >= 0.6 is 0 Å². The second-order valence-electron chi connectivity index (χ2n) is 8.89. The van der Waals surface area contributed by atoms with Gasteiger partial charge in [0.25, 0.3) is 0 Å². The van der Waals surface area contributed by atoms with E-state index >= 15 is 0 Å². The molecule has 206 valence electrons. The molecule has 15 heteroatoms. The van der Waals surface area contributed by atoms with Crippen LogP contribution in [0.1, 0.15) is 13.3 Å². The van der Waals surface area contributed by atoms with Gasteiger partial charge in [-0.3, -0.25) is 0 Å². The Morgan fingerprint density at radius 1 is 0.486 bits per heavy atom. The molecule has 3 heterocycles. The number of ether oxygens (including phenoxy) is 5. The average Bonchev–Trinajstić information content (AvgIpc) is 2.86. The highest BCUT2D eigenvalue weighted by Gasteiger charge is 2.53. The molecular formula is C20H36O15. The Morgan fingerprint density at radius 2 is 0.886 bits per heavy atom. The molecule has 3 rings (SSSR count). The Morgan fingerprint density at radius 3 is 1.37 bits per heavy atom. The summed E-state index contributed by atoms with van der Waals surface area (Å²) in [6.45, 7) is -0.386. The summed E-state index contributed by atoms with van der Waals surface area (Å²) in [6.07, 6.45) is -22.2. The van der Waals surface area contributed by atoms with Gasteiger partial charge in [0, 0.05) is 0 Å². The fraction of sp³-hybridized carbons (Fsp3) is 1.00. The van der Waals surface area contributed by atoms with Crippen molar-refractivity contribution >= 4 is 0 Å². The highest BCUT2D eigenvalue weighted by Crippen LogP contribution is 2.32. The van der Waals surface area contributed by atoms with E-state index in [-0.39, 0.29) is 0 Å². The van der Waals surface area contributed by atoms with Crippen LogP contribution in [0.15, 0.2) is 0 Å². The third-order valence-electron chi connectivity index (χ3n) is 6.62. The Hall–Kier alpha value is -0.600. The van der Waals surface area contributed by atoms with E-state index in [2.05, 4.69) is 0 Å². The summed E-state index contributed by atoms with van der Waals surface area (Å²) in [4.78, 5) is 0. The minimum absolute atomic E-state index is 0.340. The molecule has 15 nitrogen and oxygen atoms in total. The molecule has 35 heavy (non-hydrogen) atoms. The average molecular weight is 516 g/mol. The van der Waals surface area contributed by atoms with Gasteiger partial charge in [-0.15, -0.1) is 0 Å². The van der Waals surface area contributed by atoms with Crippen LogP contribution in [-0.4, -0.2) is 163 Å². The van der Waals surface area contributed by atoms with Gasteiger partial charge in [-0.05, 0) is 6.42 Å². The van der Waals surface area contributed by atoms with Gasteiger partial charge in [0.15, 0.2) is 12.6 Å². The number of aliphatic hydroxyl groups is 10. The second-order valence-corrected chi connectivity index (χ2v) is 8.89. The van der Waals surface area contributed by atoms with Crippen molar-refractivity contribution in [1.82, 2.24) is 0 Å². The van der Waals surface area contributed by atoms with Crippen molar-refractivity contribution in [3.8, 4) is 0 Å². The lowest BCUT2D eigenvalue weighted by Gasteiger charge is -2.48. The highest BCUT2D eigenvalue weighted by atomic mass is 16.7. The van der Waals surface area contributed by atoms with Crippen molar-refractivity contribution < 1.29 is 74.7 Å². The monoisotopic (exact) mass is 516 g/mol. The summed E-state index contributed by atoms with van der Waals surface area (Å²) < 4.78 is 27.3. The maximum absolute atomic E-state index is 10.7. The molecule has 0 spiro atoms. The van der Waals surface area contributed by atoms with Crippen LogP contribution in [0.3, 0.4) is 0 Å². The zero-order valence-electron chi connectivity index (χ0n) is 19.0. The fourth-order valence-electron chi connectivity index (χ4n) is 4.49. The van der Waals surface area contributed by atoms with Crippen LogP contribution in [0.2, 0.25) is 0 Å². The van der Waals surface area contributed by atoms with E-state index < -0.39 is 112 Å². The predicted octanol–water partition coefficient (Wildman–Crippen LogP) is -6.11. The number of hydrogen-bond acceptors (Lipinski definition) is 15. The number of hydrogen-bond donors (Lipinski definition) is 10. The SMILES string of the molecule is CCC1OC(CO)C(OC2OC(CO)C(OC3OC(CO)C(O)C(O)C3O)C(O)C2O)C(O)C1O. The highest BCUT2D eigenvalue weighted by molar-refractivity contribution is 4.97. The van der Waals surface area contributed by atoms with Crippen LogP contribution in [0.4, 0.5) is 0 Å². The van der Waals surface area contributed by atoms with Gasteiger partial charge in [-0.25, -0.2) is 0 Å². The van der Waals surface area contributed by atoms with E-state index in [0.717, 1.165) is 0 Å². The first-order valence-electron chi connectivity index (χ1n) is 11.5. The lowest BCUT2D eigenvalue weighted by atomic mass is 9.93. The van der Waals surface area contributed by atoms with Gasteiger partial charge >= 0.3 is 0 Å². The summed E-state index contributed by atoms with van der Waals surface area (Å²) in [6, 6.07) is 0. The van der Waals surface area contributed by atoms with E-state index in [1.807, 2.05) is 0 Å². The first-order chi connectivity index (χ1) is 16.6. The van der Waals surface area contributed by atoms with E-state index in [0.29, 0.717) is 6.42 Å². The maximum atomic E-state index is 10.7. The quantitative estimate of drug-likeness (QED) is 0.144. The van der Waals surface area contributed by atoms with Crippen molar-refractivity contribution in [3.05, 3.63) is 0 Å². The third-order valence-corrected chi connectivity index (χ3v) is 6.62. The lowest BCUT2D eigenvalue weighted by molar-refractivity contribution is -0.372. The minimum atomic E-state index is -1.85. The molecule has 3 saturated heterocycles. The topological polar surface area (TPSA) is 248 Å². The molecule has 0 bridgehead atoms. The molecule has 3 aliphatic heterocycles. The molecule has 3 fully saturated rings. The van der Waals surface area contributed by atoms with Crippen LogP contribution < -0.4 is 0 Å². The first kappa shape index (κ1) is 29.0. The van der Waals surface area contributed by atoms with Gasteiger partial charge in [-0.1, -0.05) is 6.92 Å². The lowest BCUT2D eigenvalue weighted by Crippen LogP contribution is -2.66. The van der Waals surface area contributed by atoms with Crippen molar-refractivity contribution in [2.75, 3.05) is 19.8 Å². The van der Waals surface area contributed by atoms with E-state index in [4.69, 9.17) is 23.7 Å². The molecule has 0 aromatic rings. The van der Waals surface area contributed by atoms with Gasteiger partial charge in [0.05, 0.1) is 25.9 Å². The van der Waals surface area contributed by atoms with Gasteiger partial charge in [-0.2, -0.15) is 0 Å². The van der Waals surface area contributed by atoms with Gasteiger partial charge in [0.1, 0.15) is 73.2 Å². The summed E-state index contributed by atoms with van der Waals surface area (Å²) in [5.41, 5.74) is 0. The Balaban J connectivity index is 1.72. The summed E-state index contributed by atoms with van der Waals surface area (Å²) in [7, 11) is 0. The maximum Gasteiger partial charge on any atom is 0.187 e. The van der Waals surface area contributed by atoms with E-state index in [1.165, 1.54) is 0 Å². The standard InChI is InChI=1S/C20H36O15/c1-2-6-10(24)13(27)17(8(4-22)31-6)34-20-16(30)14(28)18(9(5-23)33-20)35-19-15(29)12(26)11(25)7(3-21)32-19/h6-30H,2-5H2,1H3. The largest absolute Gasteiger partial charge is 0.394 e. The van der Waals surface area contributed by atoms with E-state index in [9.17, 15) is 51.1 Å². The van der Waals surface area contributed by atoms with Crippen molar-refractivity contribution in [1.29, 1.82) is 0 Å². The molecule has 0 aliphatic carbocycles. The molecule has 0 aromatic carbocycles. The zero-order chi connectivity index (χ0) is 26.0. The fourth-order valence-corrected chi connectivity index (χ4v) is 4.49. The number of rotatable bonds is 8.